The van der Waals surface area contributed by atoms with Crippen molar-refractivity contribution in [2.75, 3.05) is 12.3 Å². The molecule has 148 valence electrons. The van der Waals surface area contributed by atoms with Crippen molar-refractivity contribution in [3.05, 3.63) is 35.9 Å². The minimum absolute atomic E-state index is 0.0489. The van der Waals surface area contributed by atoms with Crippen molar-refractivity contribution < 1.29 is 42.1 Å². The van der Waals surface area contributed by atoms with E-state index in [1.165, 1.54) is 12.1 Å². The second kappa shape index (κ2) is 10.5. The Labute approximate surface area is 155 Å². The minimum atomic E-state index is -5.36. The van der Waals surface area contributed by atoms with Gasteiger partial charge in [0.15, 0.2) is 0 Å². The van der Waals surface area contributed by atoms with Gasteiger partial charge in [0.05, 0.1) is 0 Å². The second-order valence-electron chi connectivity index (χ2n) is 4.89. The number of thioether (sulfide) groups is 1. The largest absolute Gasteiger partial charge is 0.495 e. The molecular weight excluding hydrogens is 393 g/mol. The molecule has 0 bridgehead atoms. The molecule has 3 N–H and O–H groups in total. The van der Waals surface area contributed by atoms with Gasteiger partial charge in [0, 0.05) is 24.3 Å². The van der Waals surface area contributed by atoms with Crippen LogP contribution in [0.2, 0.25) is 0 Å². The summed E-state index contributed by atoms with van der Waals surface area (Å²) in [5.41, 5.74) is 5.51. The molecule has 0 radical (unpaired) electrons. The number of benzene rings is 1. The van der Waals surface area contributed by atoms with Gasteiger partial charge in [-0.25, -0.2) is 19.4 Å². The van der Waals surface area contributed by atoms with Crippen molar-refractivity contribution in [2.45, 2.75) is 18.6 Å². The van der Waals surface area contributed by atoms with E-state index in [2.05, 4.69) is 15.1 Å². The normalized spacial score (nSPS) is 12.0. The molecule has 0 aliphatic rings. The number of nitrogens with one attached hydrogen (secondary N) is 1. The summed E-state index contributed by atoms with van der Waals surface area (Å²) in [4.78, 5) is 53.2. The van der Waals surface area contributed by atoms with Crippen molar-refractivity contribution in [3.8, 4) is 0 Å². The molecule has 8 nitrogen and oxygen atoms in total. The molecule has 1 atom stereocenters. The van der Waals surface area contributed by atoms with Gasteiger partial charge in [-0.15, -0.1) is 0 Å². The van der Waals surface area contributed by atoms with Crippen LogP contribution < -0.4 is 11.1 Å². The Hall–Kier alpha value is -2.60. The Morgan fingerprint density at radius 2 is 1.74 bits per heavy atom. The highest BCUT2D eigenvalue weighted by Crippen LogP contribution is 2.17. The molecule has 0 saturated heterocycles. The van der Waals surface area contributed by atoms with Gasteiger partial charge in [-0.3, -0.25) is 9.59 Å². The van der Waals surface area contributed by atoms with Crippen LogP contribution in [0.15, 0.2) is 30.3 Å². The summed E-state index contributed by atoms with van der Waals surface area (Å²) < 4.78 is 36.2. The average Bonchev–Trinajstić information content (AvgIpc) is 2.62. The maximum absolute atomic E-state index is 12.1. The zero-order valence-electron chi connectivity index (χ0n) is 13.7. The predicted octanol–water partition coefficient (Wildman–Crippen LogP) is 0.957. The Balaban J connectivity index is 2.71. The van der Waals surface area contributed by atoms with E-state index in [0.717, 1.165) is 0 Å². The van der Waals surface area contributed by atoms with Crippen LogP contribution in [0, 0.1) is 0 Å². The number of carbonyl (C=O) groups is 4. The first-order chi connectivity index (χ1) is 12.6. The van der Waals surface area contributed by atoms with Crippen molar-refractivity contribution in [1.29, 1.82) is 0 Å². The molecular formula is C15H15F3N2O6S. The summed E-state index contributed by atoms with van der Waals surface area (Å²) in [6.45, 7) is -0.0489. The first kappa shape index (κ1) is 22.4. The topological polar surface area (TPSA) is 125 Å². The van der Waals surface area contributed by atoms with Gasteiger partial charge in [-0.05, 0) is 0 Å². The fourth-order valence-electron chi connectivity index (χ4n) is 1.57. The summed E-state index contributed by atoms with van der Waals surface area (Å²) in [6, 6.07) is 6.39. The highest BCUT2D eigenvalue weighted by Gasteiger charge is 2.43. The first-order valence-electron chi connectivity index (χ1n) is 7.36. The molecule has 0 aliphatic heterocycles. The molecule has 1 amide bonds. The number of hydrogen-bond donors (Lipinski definition) is 2. The quantitative estimate of drug-likeness (QED) is 0.505. The fourth-order valence-corrected chi connectivity index (χ4v) is 2.41. The fraction of sp³-hybridized carbons (Fsp3) is 0.333. The van der Waals surface area contributed by atoms with Gasteiger partial charge < -0.3 is 11.1 Å². The number of hydrogen-bond acceptors (Lipinski definition) is 8. The number of carbonyl (C=O) groups excluding carboxylic acids is 4. The lowest BCUT2D eigenvalue weighted by molar-refractivity contribution is -0.286. The molecule has 0 unspecified atom stereocenters. The lowest BCUT2D eigenvalue weighted by Crippen LogP contribution is -2.45. The maximum Gasteiger partial charge on any atom is 0.495 e. The van der Waals surface area contributed by atoms with E-state index >= 15 is 0 Å². The van der Waals surface area contributed by atoms with Crippen LogP contribution >= 0.6 is 11.8 Å². The summed E-state index contributed by atoms with van der Waals surface area (Å²) in [6.07, 6.45) is -5.54. The molecule has 0 saturated carbocycles. The molecule has 27 heavy (non-hydrogen) atoms. The van der Waals surface area contributed by atoms with E-state index in [1.807, 2.05) is 0 Å². The molecule has 1 aromatic carbocycles. The van der Waals surface area contributed by atoms with Crippen LogP contribution in [-0.2, 0) is 24.2 Å². The molecule has 0 spiro atoms. The van der Waals surface area contributed by atoms with E-state index in [-0.39, 0.29) is 18.7 Å². The monoisotopic (exact) mass is 408 g/mol. The number of halogens is 3. The zero-order chi connectivity index (χ0) is 20.4. The summed E-state index contributed by atoms with van der Waals surface area (Å²) in [5.74, 6) is -5.29. The third-order valence-corrected chi connectivity index (χ3v) is 3.81. The third kappa shape index (κ3) is 8.09. The van der Waals surface area contributed by atoms with Crippen molar-refractivity contribution in [1.82, 2.24) is 5.32 Å². The minimum Gasteiger partial charge on any atom is -0.342 e. The van der Waals surface area contributed by atoms with E-state index in [0.29, 0.717) is 17.3 Å². The third-order valence-electron chi connectivity index (χ3n) is 2.81. The van der Waals surface area contributed by atoms with Crippen LogP contribution in [0.1, 0.15) is 16.8 Å². The molecule has 0 aliphatic carbocycles. The highest BCUT2D eigenvalue weighted by atomic mass is 32.2. The average molecular weight is 408 g/mol. The number of rotatable bonds is 7. The Morgan fingerprint density at radius 3 is 2.30 bits per heavy atom. The lowest BCUT2D eigenvalue weighted by atomic mass is 10.2. The van der Waals surface area contributed by atoms with Crippen LogP contribution in [0.25, 0.3) is 0 Å². The van der Waals surface area contributed by atoms with E-state index in [4.69, 9.17) is 5.73 Å². The van der Waals surface area contributed by atoms with Gasteiger partial charge >= 0.3 is 18.1 Å². The van der Waals surface area contributed by atoms with Crippen LogP contribution in [0.3, 0.4) is 0 Å². The van der Waals surface area contributed by atoms with E-state index in [1.54, 1.807) is 18.2 Å². The highest BCUT2D eigenvalue weighted by molar-refractivity contribution is 8.14. The zero-order valence-corrected chi connectivity index (χ0v) is 14.5. The Bertz CT molecular complexity index is 684. The van der Waals surface area contributed by atoms with Gasteiger partial charge in [0.25, 0.3) is 0 Å². The lowest BCUT2D eigenvalue weighted by Gasteiger charge is -2.16. The predicted molar refractivity (Wildman–Crippen MR) is 87.1 cm³/mol. The van der Waals surface area contributed by atoms with Gasteiger partial charge in [0.1, 0.15) is 6.04 Å². The van der Waals surface area contributed by atoms with Crippen molar-refractivity contribution in [2.24, 2.45) is 5.73 Å². The summed E-state index contributed by atoms with van der Waals surface area (Å²) in [5, 5.41) is 1.70. The number of nitrogens with two attached hydrogens (primary N) is 1. The first-order valence-corrected chi connectivity index (χ1v) is 8.34. The van der Waals surface area contributed by atoms with Gasteiger partial charge in [-0.2, -0.15) is 13.2 Å². The Morgan fingerprint density at radius 1 is 1.11 bits per heavy atom. The molecule has 12 heteroatoms. The molecule has 1 aromatic rings. The molecule has 0 aromatic heterocycles. The maximum atomic E-state index is 12.1. The van der Waals surface area contributed by atoms with Crippen LogP contribution in [0.4, 0.5) is 13.2 Å². The van der Waals surface area contributed by atoms with Crippen molar-refractivity contribution in [3.63, 3.8) is 0 Å². The molecule has 0 heterocycles. The van der Waals surface area contributed by atoms with Crippen molar-refractivity contribution >= 4 is 34.7 Å². The van der Waals surface area contributed by atoms with E-state index < -0.39 is 35.2 Å². The van der Waals surface area contributed by atoms with Gasteiger partial charge in [-0.1, -0.05) is 42.1 Å². The van der Waals surface area contributed by atoms with E-state index in [9.17, 15) is 32.3 Å². The van der Waals surface area contributed by atoms with Crippen LogP contribution in [0.5, 0.6) is 0 Å². The smallest absolute Gasteiger partial charge is 0.342 e. The Kier molecular flexibility index (Phi) is 8.75. The molecule has 0 fully saturated rings. The van der Waals surface area contributed by atoms with Crippen LogP contribution in [-0.4, -0.2) is 47.5 Å². The number of amides is 1. The standard InChI is InChI=1S/C15H15F3N2O6S/c16-15(17,18)14(24)26-25-12(22)10(20-11(21)6-7-19)8-27-13(23)9-4-2-1-3-5-9/h1-5,10H,6-8,19H2,(H,20,21)/t10-/m0/s1. The summed E-state index contributed by atoms with van der Waals surface area (Å²) >= 11 is 0.617. The SMILES string of the molecule is NCCC(=O)N[C@@H](CSC(=O)c1ccccc1)C(=O)OOC(=O)C(F)(F)F. The number of alkyl halides is 3. The molecule has 1 rings (SSSR count). The van der Waals surface area contributed by atoms with Gasteiger partial charge in [0.2, 0.25) is 11.0 Å². The summed E-state index contributed by atoms with van der Waals surface area (Å²) in [7, 11) is 0. The second-order valence-corrected chi connectivity index (χ2v) is 5.89.